The lowest BCUT2D eigenvalue weighted by Gasteiger charge is -2.19. The van der Waals surface area contributed by atoms with Gasteiger partial charge in [-0.1, -0.05) is 24.3 Å². The maximum Gasteiger partial charge on any atom is 0.326 e. The van der Waals surface area contributed by atoms with Gasteiger partial charge in [-0.2, -0.15) is 0 Å². The summed E-state index contributed by atoms with van der Waals surface area (Å²) in [5, 5.41) is 17.3. The first-order valence-corrected chi connectivity index (χ1v) is 12.7. The number of methoxy groups -OCH3 is 1. The number of carboxylic acid groups (broad SMARTS) is 1. The number of hydrogen-bond acceptors (Lipinski definition) is 7. The van der Waals surface area contributed by atoms with Gasteiger partial charge in [0.05, 0.1) is 31.8 Å². The molecule has 3 unspecified atom stereocenters. The van der Waals surface area contributed by atoms with Crippen LogP contribution in [0, 0.1) is 6.92 Å². The highest BCUT2D eigenvalue weighted by Crippen LogP contribution is 2.27. The molecule has 12 heteroatoms. The Morgan fingerprint density at radius 1 is 1.12 bits per heavy atom. The summed E-state index contributed by atoms with van der Waals surface area (Å²) in [7, 11) is 3.10. The van der Waals surface area contributed by atoms with Gasteiger partial charge >= 0.3 is 12.0 Å². The fourth-order valence-corrected chi connectivity index (χ4v) is 4.18. The molecular weight excluding hydrogens is 518 g/mol. The molecule has 214 valence electrons. The zero-order valence-corrected chi connectivity index (χ0v) is 23.2. The van der Waals surface area contributed by atoms with Gasteiger partial charge in [0.15, 0.2) is 0 Å². The second kappa shape index (κ2) is 13.5. The number of urea groups is 1. The van der Waals surface area contributed by atoms with Gasteiger partial charge in [-0.25, -0.2) is 14.6 Å². The number of aliphatic imine (C=N–C) groups is 1. The zero-order chi connectivity index (χ0) is 29.4. The first-order valence-electron chi connectivity index (χ1n) is 12.7. The average molecular weight is 554 g/mol. The Bertz CT molecular complexity index is 1300. The molecule has 4 amide bonds. The van der Waals surface area contributed by atoms with E-state index in [0.29, 0.717) is 28.6 Å². The van der Waals surface area contributed by atoms with Gasteiger partial charge in [0.25, 0.3) is 0 Å². The van der Waals surface area contributed by atoms with Crippen LogP contribution in [0.2, 0.25) is 0 Å². The number of para-hydroxylation sites is 1. The number of carboxylic acids is 1. The third-order valence-corrected chi connectivity index (χ3v) is 6.39. The number of benzene rings is 2. The Kier molecular flexibility index (Phi) is 10.1. The highest BCUT2D eigenvalue weighted by Gasteiger charge is 2.33. The van der Waals surface area contributed by atoms with Crippen molar-refractivity contribution in [3.05, 3.63) is 53.6 Å². The minimum Gasteiger partial charge on any atom is -0.495 e. The normalized spacial score (nSPS) is 16.7. The molecular formula is C28H35N5O7. The number of aliphatic carboxylic acids is 1. The number of carbonyl (C=O) groups is 4. The summed E-state index contributed by atoms with van der Waals surface area (Å²) < 4.78 is 11.2. The number of carbonyl (C=O) groups excluding carboxylic acids is 3. The van der Waals surface area contributed by atoms with Gasteiger partial charge in [-0.05, 0) is 43.2 Å². The second-order valence-electron chi connectivity index (χ2n) is 9.60. The Labute approximate surface area is 232 Å². The molecule has 3 rings (SSSR count). The van der Waals surface area contributed by atoms with Gasteiger partial charge < -0.3 is 35.4 Å². The van der Waals surface area contributed by atoms with Gasteiger partial charge in [0, 0.05) is 26.1 Å². The zero-order valence-electron chi connectivity index (χ0n) is 23.2. The van der Waals surface area contributed by atoms with Crippen molar-refractivity contribution in [3.8, 4) is 5.75 Å². The maximum absolute atomic E-state index is 12.9. The number of anilines is 2. The van der Waals surface area contributed by atoms with Crippen molar-refractivity contribution in [1.82, 2.24) is 10.2 Å². The van der Waals surface area contributed by atoms with Crippen LogP contribution < -0.4 is 20.7 Å². The van der Waals surface area contributed by atoms with Crippen LogP contribution >= 0.6 is 0 Å². The molecule has 1 heterocycles. The molecule has 2 aromatic rings. The lowest BCUT2D eigenvalue weighted by atomic mass is 10.0. The number of aryl methyl sites for hydroxylation is 1. The first kappa shape index (κ1) is 29.9. The predicted molar refractivity (Wildman–Crippen MR) is 150 cm³/mol. The fourth-order valence-electron chi connectivity index (χ4n) is 4.18. The van der Waals surface area contributed by atoms with Crippen molar-refractivity contribution in [2.45, 2.75) is 51.8 Å². The van der Waals surface area contributed by atoms with E-state index in [9.17, 15) is 24.3 Å². The lowest BCUT2D eigenvalue weighted by molar-refractivity contribution is -0.142. The number of nitrogens with zero attached hydrogens (tertiary/aromatic N) is 2. The third-order valence-electron chi connectivity index (χ3n) is 6.39. The molecule has 4 N–H and O–H groups in total. The van der Waals surface area contributed by atoms with Gasteiger partial charge in [0.2, 0.25) is 17.7 Å². The third kappa shape index (κ3) is 8.19. The van der Waals surface area contributed by atoms with E-state index in [1.165, 1.54) is 18.9 Å². The summed E-state index contributed by atoms with van der Waals surface area (Å²) >= 11 is 0. The second-order valence-corrected chi connectivity index (χ2v) is 9.60. The molecule has 0 aromatic heterocycles. The molecule has 0 spiro atoms. The van der Waals surface area contributed by atoms with E-state index in [4.69, 9.17) is 9.47 Å². The number of amides is 4. The topological polar surface area (TPSA) is 159 Å². The van der Waals surface area contributed by atoms with Crippen LogP contribution in [0.4, 0.5) is 16.2 Å². The van der Waals surface area contributed by atoms with Crippen LogP contribution in [-0.2, 0) is 25.5 Å². The van der Waals surface area contributed by atoms with Gasteiger partial charge in [-0.15, -0.1) is 0 Å². The van der Waals surface area contributed by atoms with Crippen molar-refractivity contribution < 1.29 is 33.8 Å². The largest absolute Gasteiger partial charge is 0.495 e. The van der Waals surface area contributed by atoms with Crippen LogP contribution in [0.5, 0.6) is 5.75 Å². The molecule has 1 aliphatic heterocycles. The van der Waals surface area contributed by atoms with E-state index in [1.807, 2.05) is 25.1 Å². The summed E-state index contributed by atoms with van der Waals surface area (Å²) in [5.41, 5.74) is 2.75. The van der Waals surface area contributed by atoms with Crippen LogP contribution in [0.15, 0.2) is 47.5 Å². The predicted octanol–water partition coefficient (Wildman–Crippen LogP) is 2.81. The molecule has 2 aromatic carbocycles. The van der Waals surface area contributed by atoms with E-state index in [1.54, 1.807) is 38.2 Å². The van der Waals surface area contributed by atoms with Crippen molar-refractivity contribution in [3.63, 3.8) is 0 Å². The molecule has 40 heavy (non-hydrogen) atoms. The Balaban J connectivity index is 1.58. The van der Waals surface area contributed by atoms with Crippen molar-refractivity contribution in [2.75, 3.05) is 31.3 Å². The lowest BCUT2D eigenvalue weighted by Crippen LogP contribution is -2.42. The Morgan fingerprint density at radius 3 is 2.48 bits per heavy atom. The molecule has 3 atom stereocenters. The number of ether oxygens (including phenoxy) is 2. The van der Waals surface area contributed by atoms with E-state index >= 15 is 0 Å². The standard InChI is InChI=1S/C28H35N5O7/c1-16-8-6-7-9-20(16)31-28(38)32-21-11-10-19(12-24(21)39-5)13-26(35)33(4)15-25-30-22(17(2)40-25)14-23(27(36)37)29-18(3)34/h6-12,17,22-23H,13-15H2,1-5H3,(H,29,34)(H,36,37)(H2,31,32,38). The Hall–Kier alpha value is -4.61. The van der Waals surface area contributed by atoms with E-state index in [-0.39, 0.29) is 25.3 Å². The maximum atomic E-state index is 12.9. The minimum absolute atomic E-state index is 0.0679. The summed E-state index contributed by atoms with van der Waals surface area (Å²) in [5.74, 6) is -1.08. The van der Waals surface area contributed by atoms with E-state index < -0.39 is 36.1 Å². The molecule has 0 saturated heterocycles. The molecule has 0 fully saturated rings. The molecule has 12 nitrogen and oxygen atoms in total. The van der Waals surface area contributed by atoms with Crippen LogP contribution in [0.25, 0.3) is 0 Å². The molecule has 1 aliphatic rings. The molecule has 0 saturated carbocycles. The van der Waals surface area contributed by atoms with Crippen molar-refractivity contribution in [2.24, 2.45) is 4.99 Å². The Morgan fingerprint density at radius 2 is 1.82 bits per heavy atom. The number of hydrogen-bond donors (Lipinski definition) is 4. The van der Waals surface area contributed by atoms with Crippen LogP contribution in [0.1, 0.15) is 31.4 Å². The summed E-state index contributed by atoms with van der Waals surface area (Å²) in [6.45, 7) is 5.02. The van der Waals surface area contributed by atoms with E-state index in [0.717, 1.165) is 5.56 Å². The van der Waals surface area contributed by atoms with Crippen molar-refractivity contribution in [1.29, 1.82) is 0 Å². The first-order chi connectivity index (χ1) is 19.0. The molecule has 0 radical (unpaired) electrons. The fraction of sp³-hybridized carbons (Fsp3) is 0.393. The number of rotatable bonds is 11. The highest BCUT2D eigenvalue weighted by molar-refractivity contribution is 6.01. The van der Waals surface area contributed by atoms with Crippen LogP contribution in [0.3, 0.4) is 0 Å². The van der Waals surface area contributed by atoms with Crippen LogP contribution in [-0.4, -0.2) is 78.6 Å². The van der Waals surface area contributed by atoms with E-state index in [2.05, 4.69) is 20.9 Å². The summed E-state index contributed by atoms with van der Waals surface area (Å²) in [4.78, 5) is 54.1. The molecule has 0 aliphatic carbocycles. The molecule has 0 bridgehead atoms. The number of likely N-dealkylation sites (N-methyl/N-ethyl adjacent to an activating group) is 1. The summed E-state index contributed by atoms with van der Waals surface area (Å²) in [6.07, 6.45) is -0.264. The van der Waals surface area contributed by atoms with Gasteiger partial charge in [0.1, 0.15) is 17.9 Å². The highest BCUT2D eigenvalue weighted by atomic mass is 16.5. The quantitative estimate of drug-likeness (QED) is 0.333. The van der Waals surface area contributed by atoms with Crippen molar-refractivity contribution >= 4 is 41.1 Å². The summed E-state index contributed by atoms with van der Waals surface area (Å²) in [6, 6.07) is 10.5. The minimum atomic E-state index is -1.15. The number of nitrogens with one attached hydrogen (secondary N) is 3. The average Bonchev–Trinajstić information content (AvgIpc) is 3.23. The monoisotopic (exact) mass is 553 g/mol. The van der Waals surface area contributed by atoms with Gasteiger partial charge in [-0.3, -0.25) is 9.59 Å². The smallest absolute Gasteiger partial charge is 0.326 e. The SMILES string of the molecule is COc1cc(CC(=O)N(C)CC2=NC(CC(NC(C)=O)C(=O)O)C(C)O2)ccc1NC(=O)Nc1ccccc1C.